The minimum absolute atomic E-state index is 0.121. The lowest BCUT2D eigenvalue weighted by Gasteiger charge is -2.12. The van der Waals surface area contributed by atoms with Crippen molar-refractivity contribution in [1.29, 1.82) is 0 Å². The lowest BCUT2D eigenvalue weighted by molar-refractivity contribution is -0.119. The molecule has 0 fully saturated rings. The number of esters is 1. The summed E-state index contributed by atoms with van der Waals surface area (Å²) in [5, 5.41) is 4.94. The molecule has 172 valence electrons. The molecule has 1 aromatic heterocycles. The van der Waals surface area contributed by atoms with Crippen molar-refractivity contribution in [2.75, 3.05) is 26.1 Å². The van der Waals surface area contributed by atoms with Crippen LogP contribution in [0.2, 0.25) is 0 Å². The first-order valence-corrected chi connectivity index (χ1v) is 11.3. The van der Waals surface area contributed by atoms with Crippen molar-refractivity contribution in [3.05, 3.63) is 83.7 Å². The second-order valence-corrected chi connectivity index (χ2v) is 8.00. The van der Waals surface area contributed by atoms with Crippen LogP contribution in [0.4, 0.5) is 5.13 Å². The number of nitrogens with one attached hydrogen (secondary N) is 1. The Bertz CT molecular complexity index is 1260. The Balaban J connectivity index is 1.36. The second-order valence-electron chi connectivity index (χ2n) is 7.14. The molecule has 4 aromatic rings. The number of ether oxygens (including phenoxy) is 3. The maximum Gasteiger partial charge on any atom is 0.346 e. The van der Waals surface area contributed by atoms with Gasteiger partial charge in [-0.3, -0.25) is 10.1 Å². The quantitative estimate of drug-likeness (QED) is 0.349. The third-order valence-electron chi connectivity index (χ3n) is 5.00. The Morgan fingerprint density at radius 3 is 2.09 bits per heavy atom. The molecule has 0 saturated heterocycles. The number of benzene rings is 3. The summed E-state index contributed by atoms with van der Waals surface area (Å²) in [6.45, 7) is -0.472. The Hall–Kier alpha value is -4.17. The second kappa shape index (κ2) is 10.6. The van der Waals surface area contributed by atoms with E-state index in [-0.39, 0.29) is 5.56 Å². The standard InChI is InChI=1S/C26H22N2O5S/c1-31-21-9-6-10-22(32-2)24(21)25(30)33-15-23(29)28-26-27-20(16-34-26)19-13-11-18(12-14-19)17-7-4-3-5-8-17/h3-14,16H,15H2,1-2H3,(H,27,28,29). The molecular formula is C26H22N2O5S. The van der Waals surface area contributed by atoms with Gasteiger partial charge in [0.25, 0.3) is 5.91 Å². The van der Waals surface area contributed by atoms with Gasteiger partial charge in [-0.1, -0.05) is 60.7 Å². The summed E-state index contributed by atoms with van der Waals surface area (Å²) >= 11 is 1.29. The summed E-state index contributed by atoms with van der Waals surface area (Å²) in [4.78, 5) is 29.3. The van der Waals surface area contributed by atoms with Crippen molar-refractivity contribution >= 4 is 28.3 Å². The van der Waals surface area contributed by atoms with Crippen LogP contribution < -0.4 is 14.8 Å². The Morgan fingerprint density at radius 1 is 0.824 bits per heavy atom. The van der Waals surface area contributed by atoms with Crippen molar-refractivity contribution < 1.29 is 23.8 Å². The Morgan fingerprint density at radius 2 is 1.44 bits per heavy atom. The van der Waals surface area contributed by atoms with Crippen LogP contribution in [0.5, 0.6) is 11.5 Å². The number of rotatable bonds is 8. The van der Waals surface area contributed by atoms with Crippen LogP contribution in [-0.4, -0.2) is 37.7 Å². The van der Waals surface area contributed by atoms with E-state index in [1.54, 1.807) is 18.2 Å². The van der Waals surface area contributed by atoms with Crippen LogP contribution in [0.15, 0.2) is 78.2 Å². The van der Waals surface area contributed by atoms with Gasteiger partial charge in [0, 0.05) is 10.9 Å². The highest BCUT2D eigenvalue weighted by Crippen LogP contribution is 2.29. The molecule has 0 radical (unpaired) electrons. The van der Waals surface area contributed by atoms with Gasteiger partial charge < -0.3 is 14.2 Å². The van der Waals surface area contributed by atoms with Gasteiger partial charge in [-0.2, -0.15) is 0 Å². The largest absolute Gasteiger partial charge is 0.496 e. The summed E-state index contributed by atoms with van der Waals surface area (Å²) in [6, 6.07) is 23.1. The molecule has 4 rings (SSSR count). The number of methoxy groups -OCH3 is 2. The Kier molecular flexibility index (Phi) is 7.19. The third kappa shape index (κ3) is 5.24. The molecule has 34 heavy (non-hydrogen) atoms. The summed E-state index contributed by atoms with van der Waals surface area (Å²) in [5.74, 6) is -0.620. The van der Waals surface area contributed by atoms with Crippen molar-refractivity contribution in [3.8, 4) is 33.9 Å². The monoisotopic (exact) mass is 474 g/mol. The van der Waals surface area contributed by atoms with Gasteiger partial charge in [-0.15, -0.1) is 11.3 Å². The van der Waals surface area contributed by atoms with E-state index in [0.717, 1.165) is 22.4 Å². The van der Waals surface area contributed by atoms with Crippen LogP contribution in [0.1, 0.15) is 10.4 Å². The molecule has 0 bridgehead atoms. The molecule has 0 aliphatic rings. The number of carbonyl (C=O) groups is 2. The number of aromatic nitrogens is 1. The normalized spacial score (nSPS) is 10.4. The van der Waals surface area contributed by atoms with Gasteiger partial charge in [0.2, 0.25) is 0 Å². The van der Waals surface area contributed by atoms with E-state index in [1.165, 1.54) is 25.6 Å². The zero-order valence-corrected chi connectivity index (χ0v) is 19.4. The van der Waals surface area contributed by atoms with Gasteiger partial charge >= 0.3 is 5.97 Å². The first-order chi connectivity index (χ1) is 16.6. The van der Waals surface area contributed by atoms with Crippen molar-refractivity contribution in [2.24, 2.45) is 0 Å². The Labute approximate surface area is 201 Å². The smallest absolute Gasteiger partial charge is 0.346 e. The van der Waals surface area contributed by atoms with Crippen molar-refractivity contribution in [1.82, 2.24) is 4.98 Å². The predicted molar refractivity (Wildman–Crippen MR) is 131 cm³/mol. The lowest BCUT2D eigenvalue weighted by Crippen LogP contribution is -2.21. The molecule has 1 heterocycles. The fourth-order valence-electron chi connectivity index (χ4n) is 3.34. The first-order valence-electron chi connectivity index (χ1n) is 10.4. The topological polar surface area (TPSA) is 86.8 Å². The van der Waals surface area contributed by atoms with Gasteiger partial charge in [-0.05, 0) is 23.3 Å². The minimum Gasteiger partial charge on any atom is -0.496 e. The number of hydrogen-bond acceptors (Lipinski definition) is 7. The van der Waals surface area contributed by atoms with Crippen LogP contribution in [0.25, 0.3) is 22.4 Å². The maximum absolute atomic E-state index is 12.5. The van der Waals surface area contributed by atoms with Gasteiger partial charge in [0.1, 0.15) is 17.1 Å². The average molecular weight is 475 g/mol. The number of anilines is 1. The van der Waals surface area contributed by atoms with Crippen LogP contribution >= 0.6 is 11.3 Å². The zero-order valence-electron chi connectivity index (χ0n) is 18.6. The molecule has 0 unspecified atom stereocenters. The van der Waals surface area contributed by atoms with E-state index in [1.807, 2.05) is 47.8 Å². The van der Waals surface area contributed by atoms with Crippen molar-refractivity contribution in [3.63, 3.8) is 0 Å². The molecule has 1 amide bonds. The van der Waals surface area contributed by atoms with E-state index < -0.39 is 18.5 Å². The molecule has 0 saturated carbocycles. The highest BCUT2D eigenvalue weighted by Gasteiger charge is 2.21. The molecule has 1 N–H and O–H groups in total. The van der Waals surface area contributed by atoms with E-state index in [2.05, 4.69) is 22.4 Å². The number of amides is 1. The fourth-order valence-corrected chi connectivity index (χ4v) is 4.07. The molecular weight excluding hydrogens is 452 g/mol. The molecule has 0 aliphatic carbocycles. The molecule has 8 heteroatoms. The number of hydrogen-bond donors (Lipinski definition) is 1. The highest BCUT2D eigenvalue weighted by atomic mass is 32.1. The summed E-state index contributed by atoms with van der Waals surface area (Å²) < 4.78 is 15.6. The van der Waals surface area contributed by atoms with Crippen LogP contribution in [-0.2, 0) is 9.53 Å². The van der Waals surface area contributed by atoms with Gasteiger partial charge in [-0.25, -0.2) is 9.78 Å². The average Bonchev–Trinajstić information content (AvgIpc) is 3.35. The van der Waals surface area contributed by atoms with Crippen molar-refractivity contribution in [2.45, 2.75) is 0 Å². The van der Waals surface area contributed by atoms with E-state index >= 15 is 0 Å². The van der Waals surface area contributed by atoms with Gasteiger partial charge in [0.15, 0.2) is 11.7 Å². The first kappa shape index (κ1) is 23.0. The molecule has 0 atom stereocenters. The number of thiazole rings is 1. The van der Waals surface area contributed by atoms with E-state index in [0.29, 0.717) is 16.6 Å². The van der Waals surface area contributed by atoms with E-state index in [4.69, 9.17) is 14.2 Å². The summed E-state index contributed by atoms with van der Waals surface area (Å²) in [6.07, 6.45) is 0. The SMILES string of the molecule is COc1cccc(OC)c1C(=O)OCC(=O)Nc1nc(-c2ccc(-c3ccccc3)cc2)cs1. The third-order valence-corrected chi connectivity index (χ3v) is 5.76. The lowest BCUT2D eigenvalue weighted by atomic mass is 10.0. The van der Waals surface area contributed by atoms with Crippen LogP contribution in [0, 0.1) is 0 Å². The summed E-state index contributed by atoms with van der Waals surface area (Å²) in [7, 11) is 2.88. The molecule has 0 aliphatic heterocycles. The highest BCUT2D eigenvalue weighted by molar-refractivity contribution is 7.14. The summed E-state index contributed by atoms with van der Waals surface area (Å²) in [5.41, 5.74) is 4.06. The maximum atomic E-state index is 12.5. The van der Waals surface area contributed by atoms with Gasteiger partial charge in [0.05, 0.1) is 19.9 Å². The molecule has 3 aromatic carbocycles. The number of nitrogens with zero attached hydrogens (tertiary/aromatic N) is 1. The minimum atomic E-state index is -0.720. The zero-order chi connectivity index (χ0) is 23.9. The van der Waals surface area contributed by atoms with Crippen LogP contribution in [0.3, 0.4) is 0 Å². The predicted octanol–water partition coefficient (Wildman–Crippen LogP) is 5.29. The van der Waals surface area contributed by atoms with E-state index in [9.17, 15) is 9.59 Å². The molecule has 7 nitrogen and oxygen atoms in total. The molecule has 0 spiro atoms. The number of carbonyl (C=O) groups excluding carboxylic acids is 2. The fraction of sp³-hybridized carbons (Fsp3) is 0.115.